The lowest BCUT2D eigenvalue weighted by Crippen LogP contribution is -2.45. The molecule has 1 aliphatic rings. The van der Waals surface area contributed by atoms with Crippen LogP contribution in [0.3, 0.4) is 0 Å². The number of hydrogen-bond donors (Lipinski definition) is 1. The molecule has 0 saturated carbocycles. The summed E-state index contributed by atoms with van der Waals surface area (Å²) in [6.07, 6.45) is 9.32. The number of β-amino-alcohol motifs (C(OH)–C–C–N with tert-alkyl or cyclic N) is 1. The number of ether oxygens (including phenoxy) is 1. The first-order chi connectivity index (χ1) is 19.3. The van der Waals surface area contributed by atoms with Crippen molar-refractivity contribution in [3.05, 3.63) is 66.7 Å². The van der Waals surface area contributed by atoms with E-state index in [2.05, 4.69) is 30.9 Å². The minimum Gasteiger partial charge on any atom is -0.476 e. The molecule has 10 nitrogen and oxygen atoms in total. The minimum absolute atomic E-state index is 0.333. The molecule has 5 heterocycles. The van der Waals surface area contributed by atoms with Gasteiger partial charge in [0.25, 0.3) is 0 Å². The van der Waals surface area contributed by atoms with Gasteiger partial charge in [0.15, 0.2) is 11.3 Å². The monoisotopic (exact) mass is 536 g/mol. The van der Waals surface area contributed by atoms with Crippen molar-refractivity contribution >= 4 is 22.2 Å². The van der Waals surface area contributed by atoms with E-state index in [9.17, 15) is 5.11 Å². The number of likely N-dealkylation sites (tertiary alicyclic amines) is 1. The summed E-state index contributed by atoms with van der Waals surface area (Å²) in [5.41, 5.74) is 4.70. The van der Waals surface area contributed by atoms with Crippen LogP contribution in [0.5, 0.6) is 5.88 Å². The number of pyridine rings is 1. The van der Waals surface area contributed by atoms with Crippen LogP contribution >= 0.6 is 0 Å². The Hall–Kier alpha value is -4.33. The molecule has 4 aromatic heterocycles. The van der Waals surface area contributed by atoms with Gasteiger partial charge in [-0.25, -0.2) is 19.8 Å². The first kappa shape index (κ1) is 25.9. The molecule has 1 aliphatic heterocycles. The second kappa shape index (κ2) is 10.3. The van der Waals surface area contributed by atoms with Gasteiger partial charge in [-0.15, -0.1) is 0 Å². The van der Waals surface area contributed by atoms with Crippen LogP contribution in [0, 0.1) is 12.5 Å². The first-order valence-electron chi connectivity index (χ1n) is 13.5. The maximum Gasteiger partial charge on any atom is 0.240 e. The standard InChI is InChI=1S/C30H32N8O2/c1-30(2,39)18-37-11-5-6-20(16-37)17-40-29-25-15-32-19-38(25)27(22-12-23-14-34-36(4)28(23)33-13-22)26(35-29)21-7-9-24(31-3)10-8-21/h7-10,12-15,19-20,39H,5-6,11,16-18H2,1-2,4H3/t20-/m1/s1. The highest BCUT2D eigenvalue weighted by atomic mass is 16.5. The van der Waals surface area contributed by atoms with Gasteiger partial charge in [-0.05, 0) is 44.9 Å². The third-order valence-corrected chi connectivity index (χ3v) is 7.32. The Labute approximate surface area is 232 Å². The number of rotatable bonds is 7. The summed E-state index contributed by atoms with van der Waals surface area (Å²) in [6.45, 7) is 14.1. The summed E-state index contributed by atoms with van der Waals surface area (Å²) in [5, 5.41) is 15.6. The molecule has 0 unspecified atom stereocenters. The lowest BCUT2D eigenvalue weighted by molar-refractivity contribution is 0.0166. The number of aromatic nitrogens is 6. The average Bonchev–Trinajstić information content (AvgIpc) is 3.57. The van der Waals surface area contributed by atoms with Crippen LogP contribution in [0.4, 0.5) is 5.69 Å². The number of benzene rings is 1. The number of nitrogens with zero attached hydrogens (tertiary/aromatic N) is 8. The molecule has 6 rings (SSSR count). The molecule has 0 spiro atoms. The molecule has 1 atom stereocenters. The lowest BCUT2D eigenvalue weighted by Gasteiger charge is -2.35. The van der Waals surface area contributed by atoms with E-state index in [-0.39, 0.29) is 0 Å². The summed E-state index contributed by atoms with van der Waals surface area (Å²) in [6, 6.07) is 9.49. The Morgan fingerprint density at radius 1 is 1.15 bits per heavy atom. The summed E-state index contributed by atoms with van der Waals surface area (Å²) in [7, 11) is 1.87. The predicted octanol–water partition coefficient (Wildman–Crippen LogP) is 4.76. The number of aliphatic hydroxyl groups is 1. The van der Waals surface area contributed by atoms with E-state index in [1.807, 2.05) is 43.6 Å². The van der Waals surface area contributed by atoms with Crippen molar-refractivity contribution in [3.63, 3.8) is 0 Å². The van der Waals surface area contributed by atoms with Crippen molar-refractivity contribution in [2.24, 2.45) is 13.0 Å². The minimum atomic E-state index is -0.727. The summed E-state index contributed by atoms with van der Waals surface area (Å²) < 4.78 is 10.2. The summed E-state index contributed by atoms with van der Waals surface area (Å²) in [4.78, 5) is 20.0. The first-order valence-corrected chi connectivity index (χ1v) is 13.5. The molecule has 0 amide bonds. The Balaban J connectivity index is 1.40. The summed E-state index contributed by atoms with van der Waals surface area (Å²) in [5.74, 6) is 0.847. The zero-order chi connectivity index (χ0) is 27.9. The maximum absolute atomic E-state index is 10.3. The van der Waals surface area contributed by atoms with Crippen molar-refractivity contribution in [1.29, 1.82) is 0 Å². The van der Waals surface area contributed by atoms with Gasteiger partial charge in [-0.3, -0.25) is 9.08 Å². The highest BCUT2D eigenvalue weighted by molar-refractivity contribution is 5.87. The molecule has 10 heteroatoms. The summed E-state index contributed by atoms with van der Waals surface area (Å²) >= 11 is 0. The zero-order valence-electron chi connectivity index (χ0n) is 22.9. The fourth-order valence-electron chi connectivity index (χ4n) is 5.58. The molecule has 0 radical (unpaired) electrons. The van der Waals surface area contributed by atoms with E-state index in [0.29, 0.717) is 30.6 Å². The topological polar surface area (TPSA) is 98.0 Å². The second-order valence-electron chi connectivity index (χ2n) is 11.2. The molecule has 0 bridgehead atoms. The van der Waals surface area contributed by atoms with E-state index in [4.69, 9.17) is 16.3 Å². The molecule has 40 heavy (non-hydrogen) atoms. The predicted molar refractivity (Wildman–Crippen MR) is 153 cm³/mol. The van der Waals surface area contributed by atoms with Crippen molar-refractivity contribution in [2.45, 2.75) is 32.3 Å². The van der Waals surface area contributed by atoms with E-state index in [1.54, 1.807) is 35.5 Å². The van der Waals surface area contributed by atoms with E-state index in [0.717, 1.165) is 65.0 Å². The Morgan fingerprint density at radius 3 is 2.75 bits per heavy atom. The molecule has 1 aromatic carbocycles. The molecule has 1 saturated heterocycles. The van der Waals surface area contributed by atoms with E-state index >= 15 is 0 Å². The Morgan fingerprint density at radius 2 is 1.98 bits per heavy atom. The molecule has 5 aromatic rings. The number of fused-ring (bicyclic) bond motifs is 2. The van der Waals surface area contributed by atoms with Gasteiger partial charge in [-0.1, -0.05) is 24.3 Å². The van der Waals surface area contributed by atoms with Gasteiger partial charge >= 0.3 is 0 Å². The van der Waals surface area contributed by atoms with Gasteiger partial charge in [0.05, 0.1) is 48.9 Å². The van der Waals surface area contributed by atoms with Crippen LogP contribution in [0.1, 0.15) is 26.7 Å². The van der Waals surface area contributed by atoms with Crippen molar-refractivity contribution in [1.82, 2.24) is 34.0 Å². The number of aryl methyl sites for hydroxylation is 1. The van der Waals surface area contributed by atoms with Crippen LogP contribution in [0.15, 0.2) is 55.2 Å². The number of hydrogen-bond acceptors (Lipinski definition) is 7. The average molecular weight is 537 g/mol. The van der Waals surface area contributed by atoms with Crippen molar-refractivity contribution in [3.8, 4) is 28.4 Å². The van der Waals surface area contributed by atoms with Gasteiger partial charge in [0.2, 0.25) is 5.88 Å². The van der Waals surface area contributed by atoms with Crippen LogP contribution in [0.25, 0.3) is 43.9 Å². The van der Waals surface area contributed by atoms with Crippen LogP contribution in [-0.4, -0.2) is 71.0 Å². The highest BCUT2D eigenvalue weighted by Crippen LogP contribution is 2.36. The molecular weight excluding hydrogens is 504 g/mol. The van der Waals surface area contributed by atoms with Crippen LogP contribution in [-0.2, 0) is 7.05 Å². The Kier molecular flexibility index (Phi) is 6.70. The highest BCUT2D eigenvalue weighted by Gasteiger charge is 2.26. The SMILES string of the molecule is [C-]#[N+]c1ccc(-c2nc(OC[C@@H]3CCCN(CC(C)(C)O)C3)c3cncn3c2-c2cnc3c(cnn3C)c2)cc1. The van der Waals surface area contributed by atoms with Crippen molar-refractivity contribution < 1.29 is 9.84 Å². The third kappa shape index (κ3) is 5.13. The van der Waals surface area contributed by atoms with Crippen LogP contribution < -0.4 is 4.74 Å². The number of imidazole rings is 1. The smallest absolute Gasteiger partial charge is 0.240 e. The molecule has 204 valence electrons. The second-order valence-corrected chi connectivity index (χ2v) is 11.2. The largest absolute Gasteiger partial charge is 0.476 e. The van der Waals surface area contributed by atoms with Gasteiger partial charge in [0, 0.05) is 43.2 Å². The van der Waals surface area contributed by atoms with Gasteiger partial charge in [-0.2, -0.15) is 5.10 Å². The number of piperidine rings is 1. The normalized spacial score (nSPS) is 16.4. The van der Waals surface area contributed by atoms with Crippen LogP contribution in [0.2, 0.25) is 0 Å². The fourth-order valence-corrected chi connectivity index (χ4v) is 5.58. The molecule has 0 aliphatic carbocycles. The zero-order valence-corrected chi connectivity index (χ0v) is 22.9. The maximum atomic E-state index is 10.3. The van der Waals surface area contributed by atoms with E-state index in [1.165, 1.54) is 0 Å². The molecule has 1 N–H and O–H groups in total. The molecule has 1 fully saturated rings. The van der Waals surface area contributed by atoms with E-state index < -0.39 is 5.60 Å². The third-order valence-electron chi connectivity index (χ3n) is 7.32. The Bertz CT molecular complexity index is 1710. The fraction of sp³-hybridized carbons (Fsp3) is 0.367. The quantitative estimate of drug-likeness (QED) is 0.300. The van der Waals surface area contributed by atoms with Gasteiger partial charge in [0.1, 0.15) is 5.52 Å². The molecular formula is C30H32N8O2. The van der Waals surface area contributed by atoms with Crippen molar-refractivity contribution in [2.75, 3.05) is 26.2 Å². The van der Waals surface area contributed by atoms with Gasteiger partial charge < -0.3 is 14.7 Å². The lowest BCUT2D eigenvalue weighted by atomic mass is 9.97.